The zero-order chi connectivity index (χ0) is 12.3. The number of nitrogens with zero attached hydrogens (tertiary/aromatic N) is 2. The molecule has 0 atom stereocenters. The van der Waals surface area contributed by atoms with Crippen LogP contribution in [-0.4, -0.2) is 16.1 Å². The van der Waals surface area contributed by atoms with Gasteiger partial charge in [0.1, 0.15) is 11.8 Å². The maximum Gasteiger partial charge on any atom is 0.309 e. The van der Waals surface area contributed by atoms with E-state index in [1.54, 1.807) is 6.07 Å². The highest BCUT2D eigenvalue weighted by Crippen LogP contribution is 2.26. The van der Waals surface area contributed by atoms with Crippen molar-refractivity contribution in [1.82, 2.24) is 4.98 Å². The van der Waals surface area contributed by atoms with Gasteiger partial charge in [-0.25, -0.2) is 13.8 Å². The summed E-state index contributed by atoms with van der Waals surface area (Å²) >= 11 is 0. The molecule has 1 aromatic rings. The molecule has 1 rings (SSSR count). The topological polar surface area (TPSA) is 100 Å². The van der Waals surface area contributed by atoms with Crippen LogP contribution in [-0.2, 0) is 11.2 Å². The number of nitrogen functional groups attached to an aromatic ring is 1. The van der Waals surface area contributed by atoms with E-state index in [1.165, 1.54) is 0 Å². The highest BCUT2D eigenvalue weighted by molar-refractivity contribution is 5.70. The van der Waals surface area contributed by atoms with Gasteiger partial charge in [0.2, 0.25) is 0 Å². The standard InChI is InChI=1S/C9H7F2N3O2/c10-9(11)8-7(13)4(3-12)1-5(14-8)2-6(15)16/h1,9H,2,13H2,(H,15,16). The average molecular weight is 227 g/mol. The van der Waals surface area contributed by atoms with E-state index in [-0.39, 0.29) is 11.3 Å². The first-order chi connectivity index (χ1) is 7.45. The molecule has 0 bridgehead atoms. The number of pyridine rings is 1. The summed E-state index contributed by atoms with van der Waals surface area (Å²) in [7, 11) is 0. The molecule has 0 aromatic carbocycles. The number of aromatic nitrogens is 1. The fraction of sp³-hybridized carbons (Fsp3) is 0.222. The van der Waals surface area contributed by atoms with Crippen molar-refractivity contribution >= 4 is 11.7 Å². The second-order valence-corrected chi connectivity index (χ2v) is 2.94. The molecule has 0 unspecified atom stereocenters. The van der Waals surface area contributed by atoms with E-state index < -0.39 is 30.2 Å². The first kappa shape index (κ1) is 11.8. The Kier molecular flexibility index (Phi) is 3.35. The fourth-order valence-electron chi connectivity index (χ4n) is 1.13. The van der Waals surface area contributed by atoms with Crippen LogP contribution in [0.2, 0.25) is 0 Å². The van der Waals surface area contributed by atoms with Crippen LogP contribution in [0.1, 0.15) is 23.4 Å². The molecule has 1 heterocycles. The molecule has 0 aliphatic carbocycles. The maximum atomic E-state index is 12.5. The number of anilines is 1. The van der Waals surface area contributed by atoms with Crippen LogP contribution >= 0.6 is 0 Å². The minimum Gasteiger partial charge on any atom is -0.481 e. The molecule has 84 valence electrons. The lowest BCUT2D eigenvalue weighted by molar-refractivity contribution is -0.136. The van der Waals surface area contributed by atoms with Crippen molar-refractivity contribution in [2.45, 2.75) is 12.8 Å². The predicted octanol–water partition coefficient (Wildman–Crippen LogP) is 1.10. The van der Waals surface area contributed by atoms with E-state index >= 15 is 0 Å². The van der Waals surface area contributed by atoms with E-state index in [0.717, 1.165) is 6.07 Å². The van der Waals surface area contributed by atoms with Crippen molar-refractivity contribution in [3.05, 3.63) is 23.0 Å². The smallest absolute Gasteiger partial charge is 0.309 e. The van der Waals surface area contributed by atoms with Gasteiger partial charge in [0.15, 0.2) is 0 Å². The summed E-state index contributed by atoms with van der Waals surface area (Å²) in [6, 6.07) is 2.71. The van der Waals surface area contributed by atoms with Crippen LogP contribution in [0, 0.1) is 11.3 Å². The molecular formula is C9H7F2N3O2. The molecule has 7 heteroatoms. The number of hydrogen-bond acceptors (Lipinski definition) is 4. The van der Waals surface area contributed by atoms with E-state index in [4.69, 9.17) is 16.1 Å². The number of rotatable bonds is 3. The maximum absolute atomic E-state index is 12.5. The Hall–Kier alpha value is -2.23. The molecule has 0 radical (unpaired) electrons. The SMILES string of the molecule is N#Cc1cc(CC(=O)O)nc(C(F)F)c1N. The third-order valence-electron chi connectivity index (χ3n) is 1.80. The van der Waals surface area contributed by atoms with Crippen LogP contribution in [0.15, 0.2) is 6.07 Å². The summed E-state index contributed by atoms with van der Waals surface area (Å²) in [6.07, 6.45) is -3.48. The minimum atomic E-state index is -2.94. The van der Waals surface area contributed by atoms with Crippen LogP contribution in [0.3, 0.4) is 0 Å². The van der Waals surface area contributed by atoms with Crippen molar-refractivity contribution in [2.75, 3.05) is 5.73 Å². The second-order valence-electron chi connectivity index (χ2n) is 2.94. The molecule has 16 heavy (non-hydrogen) atoms. The summed E-state index contributed by atoms with van der Waals surface area (Å²) in [6.45, 7) is 0. The number of nitrogens with two attached hydrogens (primary N) is 1. The van der Waals surface area contributed by atoms with Gasteiger partial charge in [-0.05, 0) is 6.07 Å². The van der Waals surface area contributed by atoms with Crippen LogP contribution in [0.25, 0.3) is 0 Å². The third kappa shape index (κ3) is 2.42. The Morgan fingerprint density at radius 1 is 1.69 bits per heavy atom. The summed E-state index contributed by atoms with van der Waals surface area (Å²) in [5.41, 5.74) is 3.81. The van der Waals surface area contributed by atoms with E-state index in [0.29, 0.717) is 0 Å². The van der Waals surface area contributed by atoms with E-state index in [1.807, 2.05) is 0 Å². The van der Waals surface area contributed by atoms with Gasteiger partial charge in [-0.1, -0.05) is 0 Å². The van der Waals surface area contributed by atoms with Crippen LogP contribution < -0.4 is 5.73 Å². The molecule has 0 aliphatic heterocycles. The number of nitriles is 1. The third-order valence-corrected chi connectivity index (χ3v) is 1.80. The van der Waals surface area contributed by atoms with Crippen LogP contribution in [0.5, 0.6) is 0 Å². The zero-order valence-electron chi connectivity index (χ0n) is 7.94. The molecule has 0 spiro atoms. The number of aliphatic carboxylic acids is 1. The van der Waals surface area contributed by atoms with Crippen molar-refractivity contribution in [2.24, 2.45) is 0 Å². The molecule has 0 aliphatic rings. The molecule has 3 N–H and O–H groups in total. The number of carboxylic acids is 1. The highest BCUT2D eigenvalue weighted by Gasteiger charge is 2.18. The summed E-state index contributed by atoms with van der Waals surface area (Å²) in [5, 5.41) is 17.1. The minimum absolute atomic E-state index is 0.117. The molecule has 0 amide bonds. The predicted molar refractivity (Wildman–Crippen MR) is 49.7 cm³/mol. The molecule has 5 nitrogen and oxygen atoms in total. The average Bonchev–Trinajstić information content (AvgIpc) is 2.19. The van der Waals surface area contributed by atoms with Crippen molar-refractivity contribution < 1.29 is 18.7 Å². The van der Waals surface area contributed by atoms with E-state index in [2.05, 4.69) is 4.98 Å². The fourth-order valence-corrected chi connectivity index (χ4v) is 1.13. The van der Waals surface area contributed by atoms with Gasteiger partial charge < -0.3 is 10.8 Å². The second kappa shape index (κ2) is 4.53. The Bertz CT molecular complexity index is 469. The number of hydrogen-bond donors (Lipinski definition) is 2. The number of halogens is 2. The van der Waals surface area contributed by atoms with E-state index in [9.17, 15) is 13.6 Å². The number of carboxylic acid groups (broad SMARTS) is 1. The molecular weight excluding hydrogens is 220 g/mol. The lowest BCUT2D eigenvalue weighted by Gasteiger charge is -2.07. The van der Waals surface area contributed by atoms with Gasteiger partial charge in [-0.2, -0.15) is 5.26 Å². The van der Waals surface area contributed by atoms with Crippen molar-refractivity contribution in [3.8, 4) is 6.07 Å². The van der Waals surface area contributed by atoms with Crippen LogP contribution in [0.4, 0.5) is 14.5 Å². The largest absolute Gasteiger partial charge is 0.481 e. The van der Waals surface area contributed by atoms with Gasteiger partial charge in [-0.3, -0.25) is 4.79 Å². The number of carbonyl (C=O) groups is 1. The van der Waals surface area contributed by atoms with Gasteiger partial charge in [0.25, 0.3) is 6.43 Å². The van der Waals surface area contributed by atoms with Crippen molar-refractivity contribution in [1.29, 1.82) is 5.26 Å². The normalized spacial score (nSPS) is 10.1. The lowest BCUT2D eigenvalue weighted by atomic mass is 10.1. The van der Waals surface area contributed by atoms with Gasteiger partial charge in [-0.15, -0.1) is 0 Å². The highest BCUT2D eigenvalue weighted by atomic mass is 19.3. The first-order valence-corrected chi connectivity index (χ1v) is 4.15. The van der Waals surface area contributed by atoms with Gasteiger partial charge >= 0.3 is 5.97 Å². The zero-order valence-corrected chi connectivity index (χ0v) is 7.94. The molecule has 0 saturated carbocycles. The van der Waals surface area contributed by atoms with Gasteiger partial charge in [0.05, 0.1) is 23.4 Å². The Labute approximate surface area is 89.1 Å². The summed E-state index contributed by atoms with van der Waals surface area (Å²) in [5.74, 6) is -1.22. The lowest BCUT2D eigenvalue weighted by Crippen LogP contribution is -2.08. The Balaban J connectivity index is 3.29. The Morgan fingerprint density at radius 2 is 2.31 bits per heavy atom. The molecule has 1 aromatic heterocycles. The van der Waals surface area contributed by atoms with Crippen molar-refractivity contribution in [3.63, 3.8) is 0 Å². The molecule has 0 saturated heterocycles. The monoisotopic (exact) mass is 227 g/mol. The quantitative estimate of drug-likeness (QED) is 0.805. The Morgan fingerprint density at radius 3 is 2.75 bits per heavy atom. The van der Waals surface area contributed by atoms with Gasteiger partial charge in [0, 0.05) is 0 Å². The number of alkyl halides is 2. The first-order valence-electron chi connectivity index (χ1n) is 4.15. The summed E-state index contributed by atoms with van der Waals surface area (Å²) < 4.78 is 24.9. The summed E-state index contributed by atoms with van der Waals surface area (Å²) in [4.78, 5) is 13.8. The molecule has 0 fully saturated rings.